The van der Waals surface area contributed by atoms with Crippen molar-refractivity contribution in [2.24, 2.45) is 16.1 Å². The van der Waals surface area contributed by atoms with Crippen molar-refractivity contribution in [3.05, 3.63) is 0 Å². The van der Waals surface area contributed by atoms with Gasteiger partial charge >= 0.3 is 6.09 Å². The Morgan fingerprint density at radius 3 is 2.27 bits per heavy atom. The molecule has 1 amide bonds. The van der Waals surface area contributed by atoms with Gasteiger partial charge in [-0.25, -0.2) is 4.79 Å². The molecule has 0 unspecified atom stereocenters. The van der Waals surface area contributed by atoms with E-state index in [-0.39, 0.29) is 11.5 Å². The lowest BCUT2D eigenvalue weighted by Crippen LogP contribution is -2.53. The van der Waals surface area contributed by atoms with E-state index in [9.17, 15) is 4.79 Å². The van der Waals surface area contributed by atoms with E-state index in [0.29, 0.717) is 32.1 Å². The van der Waals surface area contributed by atoms with Gasteiger partial charge in [0.2, 0.25) is 0 Å². The Balaban J connectivity index is 1.79. The number of hydrogen-bond acceptors (Lipinski definition) is 4. The molecule has 2 fully saturated rings. The quantitative estimate of drug-likeness (QED) is 0.442. The molecule has 0 aromatic carbocycles. The van der Waals surface area contributed by atoms with Crippen LogP contribution in [0.4, 0.5) is 4.79 Å². The van der Waals surface area contributed by atoms with Crippen LogP contribution in [0.25, 0.3) is 0 Å². The summed E-state index contributed by atoms with van der Waals surface area (Å²) >= 11 is 0. The fourth-order valence-electron chi connectivity index (χ4n) is 3.39. The second-order valence-corrected chi connectivity index (χ2v) is 8.43. The van der Waals surface area contributed by atoms with Gasteiger partial charge in [-0.15, -0.1) is 0 Å². The second-order valence-electron chi connectivity index (χ2n) is 8.43. The molecule has 1 heterocycles. The van der Waals surface area contributed by atoms with Gasteiger partial charge in [-0.1, -0.05) is 6.42 Å². The normalized spacial score (nSPS) is 20.7. The third-order valence-electron chi connectivity index (χ3n) is 5.23. The number of carbonyl (C=O) groups excluding carboxylic acids is 1. The predicted molar refractivity (Wildman–Crippen MR) is 103 cm³/mol. The van der Waals surface area contributed by atoms with Crippen molar-refractivity contribution < 1.29 is 14.3 Å². The van der Waals surface area contributed by atoms with Gasteiger partial charge in [-0.2, -0.15) is 0 Å². The van der Waals surface area contributed by atoms with Crippen molar-refractivity contribution in [2.45, 2.75) is 59.0 Å². The van der Waals surface area contributed by atoms with Gasteiger partial charge in [0.1, 0.15) is 5.60 Å². The zero-order valence-corrected chi connectivity index (χ0v) is 16.9. The van der Waals surface area contributed by atoms with Crippen LogP contribution < -0.4 is 5.73 Å². The van der Waals surface area contributed by atoms with E-state index in [1.165, 1.54) is 19.3 Å². The van der Waals surface area contributed by atoms with Crippen molar-refractivity contribution >= 4 is 12.1 Å². The lowest BCUT2D eigenvalue weighted by atomic mass is 9.67. The molecule has 0 spiro atoms. The van der Waals surface area contributed by atoms with Crippen LogP contribution in [0.2, 0.25) is 0 Å². The molecule has 0 aromatic heterocycles. The molecule has 150 valence electrons. The van der Waals surface area contributed by atoms with Gasteiger partial charge in [-0.05, 0) is 52.4 Å². The maximum absolute atomic E-state index is 12.1. The van der Waals surface area contributed by atoms with Crippen molar-refractivity contribution in [3.63, 3.8) is 0 Å². The summed E-state index contributed by atoms with van der Waals surface area (Å²) in [5, 5.41) is 0. The van der Waals surface area contributed by atoms with Gasteiger partial charge in [0.25, 0.3) is 0 Å². The Kier molecular flexibility index (Phi) is 7.15. The Bertz CT molecular complexity index is 490. The van der Waals surface area contributed by atoms with E-state index in [1.54, 1.807) is 4.90 Å². The first kappa shape index (κ1) is 20.8. The van der Waals surface area contributed by atoms with Crippen molar-refractivity contribution in [2.75, 3.05) is 45.9 Å². The first-order valence-corrected chi connectivity index (χ1v) is 9.85. The number of aliphatic imine (C=N–C) groups is 1. The fourth-order valence-corrected chi connectivity index (χ4v) is 3.39. The maximum Gasteiger partial charge on any atom is 0.410 e. The summed E-state index contributed by atoms with van der Waals surface area (Å²) in [6.07, 6.45) is 4.50. The van der Waals surface area contributed by atoms with E-state index in [0.717, 1.165) is 26.2 Å². The first-order chi connectivity index (χ1) is 12.2. The Morgan fingerprint density at radius 1 is 1.15 bits per heavy atom. The number of ether oxygens (including phenoxy) is 2. The molecule has 0 aromatic rings. The van der Waals surface area contributed by atoms with E-state index < -0.39 is 5.60 Å². The number of piperazine rings is 1. The molecule has 0 atom stereocenters. The number of nitrogens with two attached hydrogens (primary N) is 1. The van der Waals surface area contributed by atoms with E-state index in [4.69, 9.17) is 15.2 Å². The highest BCUT2D eigenvalue weighted by Gasteiger charge is 2.36. The number of nitrogens with zero attached hydrogens (tertiary/aromatic N) is 3. The fraction of sp³-hybridized carbons (Fsp3) is 0.895. The van der Waals surface area contributed by atoms with Gasteiger partial charge in [-0.3, -0.25) is 4.99 Å². The van der Waals surface area contributed by atoms with Gasteiger partial charge < -0.3 is 25.0 Å². The van der Waals surface area contributed by atoms with Crippen LogP contribution >= 0.6 is 0 Å². The van der Waals surface area contributed by atoms with Crippen LogP contribution in [-0.2, 0) is 9.47 Å². The smallest absolute Gasteiger partial charge is 0.410 e. The minimum absolute atomic E-state index is 0.253. The minimum Gasteiger partial charge on any atom is -0.444 e. The number of hydrogen-bond donors (Lipinski definition) is 1. The third-order valence-corrected chi connectivity index (χ3v) is 5.23. The first-order valence-electron chi connectivity index (χ1n) is 9.85. The van der Waals surface area contributed by atoms with Crippen molar-refractivity contribution in [1.82, 2.24) is 9.80 Å². The average molecular weight is 369 g/mol. The van der Waals surface area contributed by atoms with E-state index in [1.807, 2.05) is 27.7 Å². The molecule has 1 aliphatic carbocycles. The zero-order chi connectivity index (χ0) is 19.2. The molecule has 2 N–H and O–H groups in total. The van der Waals surface area contributed by atoms with Crippen LogP contribution in [0.5, 0.6) is 0 Å². The lowest BCUT2D eigenvalue weighted by molar-refractivity contribution is 0.0186. The van der Waals surface area contributed by atoms with Crippen LogP contribution in [0.3, 0.4) is 0 Å². The molecule has 7 heteroatoms. The summed E-state index contributed by atoms with van der Waals surface area (Å²) in [6, 6.07) is 0. The summed E-state index contributed by atoms with van der Waals surface area (Å²) in [6.45, 7) is 12.6. The summed E-state index contributed by atoms with van der Waals surface area (Å²) in [5.74, 6) is 0.594. The lowest BCUT2D eigenvalue weighted by Gasteiger charge is -2.41. The molecule has 26 heavy (non-hydrogen) atoms. The molecular weight excluding hydrogens is 332 g/mol. The molecule has 1 saturated carbocycles. The molecular formula is C19H36N4O3. The number of carbonyl (C=O) groups is 1. The highest BCUT2D eigenvalue weighted by molar-refractivity contribution is 5.78. The van der Waals surface area contributed by atoms with Crippen LogP contribution in [0.1, 0.15) is 53.4 Å². The summed E-state index contributed by atoms with van der Waals surface area (Å²) < 4.78 is 10.9. The van der Waals surface area contributed by atoms with Crippen molar-refractivity contribution in [1.29, 1.82) is 0 Å². The van der Waals surface area contributed by atoms with Crippen LogP contribution in [-0.4, -0.2) is 73.4 Å². The Hall–Kier alpha value is -1.50. The van der Waals surface area contributed by atoms with Crippen LogP contribution in [0, 0.1) is 5.41 Å². The Labute approximate surface area is 157 Å². The number of guanidine groups is 1. The minimum atomic E-state index is -0.465. The highest BCUT2D eigenvalue weighted by Crippen LogP contribution is 2.44. The molecule has 2 rings (SSSR count). The molecule has 0 bridgehead atoms. The van der Waals surface area contributed by atoms with Gasteiger partial charge in [0, 0.05) is 45.9 Å². The molecule has 7 nitrogen and oxygen atoms in total. The van der Waals surface area contributed by atoms with Crippen LogP contribution in [0.15, 0.2) is 4.99 Å². The summed E-state index contributed by atoms with van der Waals surface area (Å²) in [5.41, 5.74) is 6.03. The topological polar surface area (TPSA) is 80.4 Å². The number of amides is 1. The zero-order valence-electron chi connectivity index (χ0n) is 16.9. The molecule has 1 saturated heterocycles. The van der Waals surface area contributed by atoms with Gasteiger partial charge in [0.05, 0.1) is 0 Å². The summed E-state index contributed by atoms with van der Waals surface area (Å²) in [4.78, 5) is 20.6. The van der Waals surface area contributed by atoms with E-state index >= 15 is 0 Å². The monoisotopic (exact) mass is 368 g/mol. The van der Waals surface area contributed by atoms with Crippen molar-refractivity contribution in [3.8, 4) is 0 Å². The maximum atomic E-state index is 12.1. The number of rotatable bonds is 6. The summed E-state index contributed by atoms with van der Waals surface area (Å²) in [7, 11) is 0. The molecule has 2 aliphatic rings. The standard InChI is InChI=1S/C19H36N4O3/c1-5-25-14-9-19(7-6-8-19)15-21-16(20)22-10-12-23(13-11-22)17(24)26-18(2,3)4/h5-15H2,1-4H3,(H2,20,21). The molecule has 0 radical (unpaired) electrons. The third kappa shape index (κ3) is 6.04. The Morgan fingerprint density at radius 2 is 1.77 bits per heavy atom. The van der Waals surface area contributed by atoms with E-state index in [2.05, 4.69) is 9.89 Å². The van der Waals surface area contributed by atoms with Gasteiger partial charge in [0.15, 0.2) is 5.96 Å². The predicted octanol–water partition coefficient (Wildman–Crippen LogP) is 2.45. The second kappa shape index (κ2) is 8.93. The largest absolute Gasteiger partial charge is 0.444 e. The molecule has 1 aliphatic heterocycles. The average Bonchev–Trinajstić information content (AvgIpc) is 2.55. The SMILES string of the molecule is CCOCCC1(CN=C(N)N2CCN(C(=O)OC(C)(C)C)CC2)CCC1. The highest BCUT2D eigenvalue weighted by atomic mass is 16.6.